The Labute approximate surface area is 142 Å². The maximum absolute atomic E-state index is 13.5. The molecule has 1 heterocycles. The molecule has 25 heavy (non-hydrogen) atoms. The molecule has 0 radical (unpaired) electrons. The fourth-order valence-electron chi connectivity index (χ4n) is 2.41. The lowest BCUT2D eigenvalue weighted by Crippen LogP contribution is -2.31. The zero-order chi connectivity index (χ0) is 17.8. The number of hydrogen-bond acceptors (Lipinski definition) is 4. The summed E-state index contributed by atoms with van der Waals surface area (Å²) < 4.78 is 14.8. The highest BCUT2D eigenvalue weighted by Gasteiger charge is 2.11. The molecular formula is C18H15FN4O2. The first-order valence-corrected chi connectivity index (χ1v) is 7.59. The number of rotatable bonds is 4. The molecule has 0 aliphatic carbocycles. The van der Waals surface area contributed by atoms with Crippen LogP contribution in [0, 0.1) is 12.7 Å². The normalized spacial score (nSPS) is 11.1. The molecule has 2 aromatic carbocycles. The van der Waals surface area contributed by atoms with Crippen LogP contribution in [0.3, 0.4) is 0 Å². The largest absolute Gasteiger partial charge is 0.296 e. The van der Waals surface area contributed by atoms with E-state index in [2.05, 4.69) is 15.5 Å². The van der Waals surface area contributed by atoms with E-state index in [1.54, 1.807) is 37.3 Å². The van der Waals surface area contributed by atoms with E-state index < -0.39 is 11.7 Å². The molecule has 0 saturated carbocycles. The van der Waals surface area contributed by atoms with Gasteiger partial charge in [0.05, 0.1) is 17.2 Å². The Hall–Kier alpha value is -3.35. The van der Waals surface area contributed by atoms with Gasteiger partial charge in [0.2, 0.25) is 0 Å². The lowest BCUT2D eigenvalue weighted by Gasteiger charge is -2.09. The molecule has 0 saturated heterocycles. The molecular weight excluding hydrogens is 323 g/mol. The Morgan fingerprint density at radius 3 is 2.76 bits per heavy atom. The molecule has 3 aromatic rings. The minimum absolute atomic E-state index is 0.211. The predicted molar refractivity (Wildman–Crippen MR) is 92.9 cm³/mol. The van der Waals surface area contributed by atoms with Crippen molar-refractivity contribution in [3.8, 4) is 0 Å². The highest BCUT2D eigenvalue weighted by Crippen LogP contribution is 2.09. The summed E-state index contributed by atoms with van der Waals surface area (Å²) in [6.07, 6.45) is 1.21. The first-order chi connectivity index (χ1) is 12.1. The molecule has 0 bridgehead atoms. The number of amides is 1. The Bertz CT molecular complexity index is 1030. The lowest BCUT2D eigenvalue weighted by atomic mass is 10.2. The molecule has 0 aliphatic heterocycles. The van der Waals surface area contributed by atoms with Gasteiger partial charge in [-0.05, 0) is 25.1 Å². The van der Waals surface area contributed by atoms with Gasteiger partial charge in [-0.1, -0.05) is 30.3 Å². The first-order valence-electron chi connectivity index (χ1n) is 7.59. The second-order valence-corrected chi connectivity index (χ2v) is 5.39. The van der Waals surface area contributed by atoms with Crippen molar-refractivity contribution in [3.05, 3.63) is 76.0 Å². The first kappa shape index (κ1) is 16.5. The number of hydrazone groups is 1. The average molecular weight is 338 g/mol. The van der Waals surface area contributed by atoms with Crippen LogP contribution in [0.25, 0.3) is 11.0 Å². The number of aryl methyl sites for hydroxylation is 1. The zero-order valence-corrected chi connectivity index (χ0v) is 13.4. The third-order valence-corrected chi connectivity index (χ3v) is 3.62. The SMILES string of the molecule is Cc1nc2ccccc2n(CC(=O)NN=Cc2ccccc2F)c1=O. The molecule has 1 amide bonds. The van der Waals surface area contributed by atoms with Crippen molar-refractivity contribution in [2.45, 2.75) is 13.5 Å². The second-order valence-electron chi connectivity index (χ2n) is 5.39. The standard InChI is InChI=1S/C18H15FN4O2/c1-12-18(25)23(16-9-5-4-8-15(16)21-12)11-17(24)22-20-10-13-6-2-3-7-14(13)19/h2-10H,11H2,1H3,(H,22,24). The summed E-state index contributed by atoms with van der Waals surface area (Å²) in [6.45, 7) is 1.39. The lowest BCUT2D eigenvalue weighted by molar-refractivity contribution is -0.121. The summed E-state index contributed by atoms with van der Waals surface area (Å²) in [6, 6.07) is 13.1. The number of carbonyl (C=O) groups excluding carboxylic acids is 1. The fraction of sp³-hybridized carbons (Fsp3) is 0.111. The molecule has 0 fully saturated rings. The highest BCUT2D eigenvalue weighted by atomic mass is 19.1. The number of benzene rings is 2. The summed E-state index contributed by atoms with van der Waals surface area (Å²) in [4.78, 5) is 28.6. The Morgan fingerprint density at radius 2 is 1.96 bits per heavy atom. The maximum atomic E-state index is 13.5. The van der Waals surface area contributed by atoms with E-state index in [9.17, 15) is 14.0 Å². The minimum Gasteiger partial charge on any atom is -0.296 e. The number of fused-ring (bicyclic) bond motifs is 1. The quantitative estimate of drug-likeness (QED) is 0.584. The summed E-state index contributed by atoms with van der Waals surface area (Å²) in [5, 5.41) is 3.74. The van der Waals surface area contributed by atoms with E-state index in [1.165, 1.54) is 22.9 Å². The van der Waals surface area contributed by atoms with Gasteiger partial charge in [-0.15, -0.1) is 0 Å². The van der Waals surface area contributed by atoms with Crippen LogP contribution in [-0.4, -0.2) is 21.7 Å². The number of nitrogens with one attached hydrogen (secondary N) is 1. The molecule has 1 aromatic heterocycles. The van der Waals surface area contributed by atoms with Crippen LogP contribution < -0.4 is 11.0 Å². The maximum Gasteiger partial charge on any atom is 0.272 e. The van der Waals surface area contributed by atoms with E-state index in [0.717, 1.165) is 0 Å². The van der Waals surface area contributed by atoms with Crippen molar-refractivity contribution in [2.24, 2.45) is 5.10 Å². The summed E-state index contributed by atoms with van der Waals surface area (Å²) in [5.41, 5.74) is 3.71. The van der Waals surface area contributed by atoms with Gasteiger partial charge in [0.15, 0.2) is 0 Å². The molecule has 126 valence electrons. The number of carbonyl (C=O) groups is 1. The Balaban J connectivity index is 1.80. The van der Waals surface area contributed by atoms with E-state index in [4.69, 9.17) is 0 Å². The third kappa shape index (κ3) is 3.60. The van der Waals surface area contributed by atoms with Crippen molar-refractivity contribution in [3.63, 3.8) is 0 Å². The molecule has 1 N–H and O–H groups in total. The highest BCUT2D eigenvalue weighted by molar-refractivity contribution is 5.83. The second kappa shape index (κ2) is 7.04. The molecule has 0 spiro atoms. The van der Waals surface area contributed by atoms with Crippen LogP contribution in [0.15, 0.2) is 58.4 Å². The molecule has 3 rings (SSSR count). The van der Waals surface area contributed by atoms with E-state index >= 15 is 0 Å². The Morgan fingerprint density at radius 1 is 1.24 bits per heavy atom. The van der Waals surface area contributed by atoms with Gasteiger partial charge in [-0.3, -0.25) is 14.2 Å². The summed E-state index contributed by atoms with van der Waals surface area (Å²) >= 11 is 0. The van der Waals surface area contributed by atoms with Gasteiger partial charge in [0.25, 0.3) is 11.5 Å². The van der Waals surface area contributed by atoms with Crippen LogP contribution in [0.4, 0.5) is 4.39 Å². The molecule has 0 aliphatic rings. The van der Waals surface area contributed by atoms with Gasteiger partial charge >= 0.3 is 0 Å². The van der Waals surface area contributed by atoms with Crippen LogP contribution in [-0.2, 0) is 11.3 Å². The smallest absolute Gasteiger partial charge is 0.272 e. The average Bonchev–Trinajstić information content (AvgIpc) is 2.60. The van der Waals surface area contributed by atoms with Crippen molar-refractivity contribution >= 4 is 23.2 Å². The van der Waals surface area contributed by atoms with Crippen molar-refractivity contribution in [1.82, 2.24) is 15.0 Å². The topological polar surface area (TPSA) is 76.3 Å². The molecule has 6 nitrogen and oxygen atoms in total. The van der Waals surface area contributed by atoms with E-state index in [0.29, 0.717) is 16.7 Å². The minimum atomic E-state index is -0.495. The molecule has 7 heteroatoms. The van der Waals surface area contributed by atoms with Crippen LogP contribution >= 0.6 is 0 Å². The zero-order valence-electron chi connectivity index (χ0n) is 13.4. The van der Waals surface area contributed by atoms with Crippen molar-refractivity contribution in [1.29, 1.82) is 0 Å². The van der Waals surface area contributed by atoms with Gasteiger partial charge in [0.1, 0.15) is 18.1 Å². The van der Waals surface area contributed by atoms with E-state index in [1.807, 2.05) is 6.07 Å². The monoisotopic (exact) mass is 338 g/mol. The van der Waals surface area contributed by atoms with Crippen molar-refractivity contribution in [2.75, 3.05) is 0 Å². The number of hydrogen-bond donors (Lipinski definition) is 1. The number of halogens is 1. The third-order valence-electron chi connectivity index (χ3n) is 3.62. The molecule has 0 atom stereocenters. The number of nitrogens with zero attached hydrogens (tertiary/aromatic N) is 3. The van der Waals surface area contributed by atoms with Gasteiger partial charge in [-0.25, -0.2) is 14.8 Å². The van der Waals surface area contributed by atoms with Crippen LogP contribution in [0.1, 0.15) is 11.3 Å². The number of aromatic nitrogens is 2. The number of para-hydroxylation sites is 2. The van der Waals surface area contributed by atoms with Gasteiger partial charge in [-0.2, -0.15) is 5.10 Å². The summed E-state index contributed by atoms with van der Waals surface area (Å²) in [5.74, 6) is -0.932. The predicted octanol–water partition coefficient (Wildman–Crippen LogP) is 1.99. The fourth-order valence-corrected chi connectivity index (χ4v) is 2.41. The Kier molecular flexibility index (Phi) is 4.65. The van der Waals surface area contributed by atoms with Crippen LogP contribution in [0.2, 0.25) is 0 Å². The van der Waals surface area contributed by atoms with Gasteiger partial charge < -0.3 is 0 Å². The summed E-state index contributed by atoms with van der Waals surface area (Å²) in [7, 11) is 0. The van der Waals surface area contributed by atoms with Gasteiger partial charge in [0, 0.05) is 5.56 Å². The van der Waals surface area contributed by atoms with Crippen molar-refractivity contribution < 1.29 is 9.18 Å². The van der Waals surface area contributed by atoms with Crippen LogP contribution in [0.5, 0.6) is 0 Å². The van der Waals surface area contributed by atoms with E-state index in [-0.39, 0.29) is 17.7 Å². The molecule has 0 unspecified atom stereocenters.